The molecule has 2 aliphatic rings. The van der Waals surface area contributed by atoms with Crippen LogP contribution in [-0.4, -0.2) is 29.6 Å². The predicted molar refractivity (Wildman–Crippen MR) is 78.6 cm³/mol. The van der Waals surface area contributed by atoms with Crippen LogP contribution in [0.5, 0.6) is 0 Å². The Morgan fingerprint density at radius 3 is 2.74 bits per heavy atom. The van der Waals surface area contributed by atoms with E-state index in [1.54, 1.807) is 11.0 Å². The molecule has 3 nitrogen and oxygen atoms in total. The van der Waals surface area contributed by atoms with Gasteiger partial charge in [-0.1, -0.05) is 12.1 Å². The fraction of sp³-hybridized carbons (Fsp3) is 0.588. The van der Waals surface area contributed by atoms with Gasteiger partial charge in [0.2, 0.25) is 5.91 Å². The fourth-order valence-electron chi connectivity index (χ4n) is 3.46. The largest absolute Gasteiger partial charge is 0.416 e. The van der Waals surface area contributed by atoms with E-state index in [0.29, 0.717) is 24.9 Å². The number of amides is 1. The van der Waals surface area contributed by atoms with Crippen LogP contribution in [0.1, 0.15) is 43.2 Å². The lowest BCUT2D eigenvalue weighted by Gasteiger charge is -2.26. The van der Waals surface area contributed by atoms with Gasteiger partial charge >= 0.3 is 6.18 Å². The van der Waals surface area contributed by atoms with E-state index in [4.69, 9.17) is 4.74 Å². The Kier molecular flexibility index (Phi) is 4.36. The summed E-state index contributed by atoms with van der Waals surface area (Å²) in [5.41, 5.74) is -0.359. The third kappa shape index (κ3) is 3.68. The minimum absolute atomic E-state index is 0.00483. The van der Waals surface area contributed by atoms with Gasteiger partial charge in [0, 0.05) is 26.1 Å². The molecular weight excluding hydrogens is 307 g/mol. The summed E-state index contributed by atoms with van der Waals surface area (Å²) in [6.45, 7) is 1.50. The SMILES string of the molecule is O=C1CC[C@@]2(CCCO2)CCN1Cc1cccc(C(F)(F)F)c1. The molecule has 3 rings (SSSR count). The molecule has 0 saturated carbocycles. The number of rotatable bonds is 2. The van der Waals surface area contributed by atoms with E-state index >= 15 is 0 Å². The molecule has 1 spiro atoms. The van der Waals surface area contributed by atoms with Crippen molar-refractivity contribution in [2.45, 2.75) is 50.4 Å². The smallest absolute Gasteiger partial charge is 0.375 e. The van der Waals surface area contributed by atoms with Crippen molar-refractivity contribution < 1.29 is 22.7 Å². The molecule has 2 saturated heterocycles. The van der Waals surface area contributed by atoms with Gasteiger partial charge in [-0.25, -0.2) is 0 Å². The zero-order chi connectivity index (χ0) is 16.5. The number of benzene rings is 1. The molecular formula is C17H20F3NO2. The van der Waals surface area contributed by atoms with Crippen LogP contribution >= 0.6 is 0 Å². The lowest BCUT2D eigenvalue weighted by Crippen LogP contribution is -2.32. The number of halogens is 3. The maximum atomic E-state index is 12.8. The molecule has 6 heteroatoms. The van der Waals surface area contributed by atoms with Gasteiger partial charge in [0.1, 0.15) is 0 Å². The minimum atomic E-state index is -4.36. The molecule has 2 aliphatic heterocycles. The van der Waals surface area contributed by atoms with Crippen LogP contribution in [0.2, 0.25) is 0 Å². The van der Waals surface area contributed by atoms with Crippen LogP contribution in [0.25, 0.3) is 0 Å². The van der Waals surface area contributed by atoms with E-state index in [-0.39, 0.29) is 18.1 Å². The molecule has 1 aromatic carbocycles. The van der Waals surface area contributed by atoms with Crippen LogP contribution in [-0.2, 0) is 22.3 Å². The quantitative estimate of drug-likeness (QED) is 0.827. The van der Waals surface area contributed by atoms with Gasteiger partial charge in [0.05, 0.1) is 11.2 Å². The molecule has 0 radical (unpaired) electrons. The van der Waals surface area contributed by atoms with Gasteiger partial charge in [-0.2, -0.15) is 13.2 Å². The van der Waals surface area contributed by atoms with Crippen molar-refractivity contribution in [3.05, 3.63) is 35.4 Å². The normalized spacial score (nSPS) is 25.9. The highest BCUT2D eigenvalue weighted by atomic mass is 19.4. The van der Waals surface area contributed by atoms with Gasteiger partial charge in [-0.05, 0) is 43.4 Å². The third-order valence-corrected chi connectivity index (χ3v) is 4.80. The Labute approximate surface area is 133 Å². The van der Waals surface area contributed by atoms with E-state index in [9.17, 15) is 18.0 Å². The molecule has 2 heterocycles. The Bertz CT molecular complexity index is 579. The summed E-state index contributed by atoms with van der Waals surface area (Å²) in [6.07, 6.45) is -0.498. The number of nitrogens with zero attached hydrogens (tertiary/aromatic N) is 1. The zero-order valence-corrected chi connectivity index (χ0v) is 12.9. The number of carbonyl (C=O) groups excluding carboxylic acids is 1. The van der Waals surface area contributed by atoms with E-state index in [0.717, 1.165) is 38.0 Å². The summed E-state index contributed by atoms with van der Waals surface area (Å²) in [4.78, 5) is 13.9. The maximum Gasteiger partial charge on any atom is 0.416 e. The third-order valence-electron chi connectivity index (χ3n) is 4.80. The van der Waals surface area contributed by atoms with E-state index in [1.807, 2.05) is 0 Å². The zero-order valence-electron chi connectivity index (χ0n) is 12.9. The number of carbonyl (C=O) groups is 1. The van der Waals surface area contributed by atoms with Gasteiger partial charge in [-0.15, -0.1) is 0 Å². The molecule has 23 heavy (non-hydrogen) atoms. The molecule has 0 bridgehead atoms. The van der Waals surface area contributed by atoms with Crippen molar-refractivity contribution in [1.29, 1.82) is 0 Å². The van der Waals surface area contributed by atoms with Gasteiger partial charge in [-0.3, -0.25) is 4.79 Å². The first kappa shape index (κ1) is 16.3. The summed E-state index contributed by atoms with van der Waals surface area (Å²) >= 11 is 0. The molecule has 0 aromatic heterocycles. The number of hydrogen-bond donors (Lipinski definition) is 0. The molecule has 1 amide bonds. The molecule has 2 fully saturated rings. The van der Waals surface area contributed by atoms with Crippen molar-refractivity contribution in [1.82, 2.24) is 4.90 Å². The fourth-order valence-corrected chi connectivity index (χ4v) is 3.46. The van der Waals surface area contributed by atoms with Gasteiger partial charge < -0.3 is 9.64 Å². The molecule has 0 unspecified atom stereocenters. The Morgan fingerprint density at radius 1 is 1.22 bits per heavy atom. The van der Waals surface area contributed by atoms with Gasteiger partial charge in [0.25, 0.3) is 0 Å². The molecule has 126 valence electrons. The molecule has 1 atom stereocenters. The van der Waals surface area contributed by atoms with Crippen LogP contribution in [0.4, 0.5) is 13.2 Å². The average molecular weight is 327 g/mol. The standard InChI is InChI=1S/C17H20F3NO2/c18-17(19,20)14-4-1-3-13(11-14)12-21-9-8-16(6-2-10-23-16)7-5-15(21)22/h1,3-4,11H,2,5-10,12H2/t16-/m0/s1. The second kappa shape index (κ2) is 6.15. The first-order valence-electron chi connectivity index (χ1n) is 7.96. The van der Waals surface area contributed by atoms with E-state index in [1.165, 1.54) is 6.07 Å². The van der Waals surface area contributed by atoms with Gasteiger partial charge in [0.15, 0.2) is 0 Å². The van der Waals surface area contributed by atoms with Crippen molar-refractivity contribution in [2.24, 2.45) is 0 Å². The molecule has 1 aromatic rings. The summed E-state index contributed by atoms with van der Waals surface area (Å²) < 4.78 is 44.2. The van der Waals surface area contributed by atoms with Crippen LogP contribution in [0, 0.1) is 0 Å². The predicted octanol–water partition coefficient (Wildman–Crippen LogP) is 3.77. The lowest BCUT2D eigenvalue weighted by atomic mass is 9.92. The monoisotopic (exact) mass is 327 g/mol. The summed E-state index contributed by atoms with van der Waals surface area (Å²) in [7, 11) is 0. The molecule has 0 N–H and O–H groups in total. The number of likely N-dealkylation sites (tertiary alicyclic amines) is 1. The second-order valence-electron chi connectivity index (χ2n) is 6.40. The Balaban J connectivity index is 1.71. The van der Waals surface area contributed by atoms with E-state index < -0.39 is 11.7 Å². The minimum Gasteiger partial charge on any atom is -0.375 e. The first-order valence-corrected chi connectivity index (χ1v) is 7.96. The highest BCUT2D eigenvalue weighted by Gasteiger charge is 2.38. The van der Waals surface area contributed by atoms with Crippen molar-refractivity contribution >= 4 is 5.91 Å². The van der Waals surface area contributed by atoms with Crippen molar-refractivity contribution in [3.63, 3.8) is 0 Å². The van der Waals surface area contributed by atoms with Crippen LogP contribution < -0.4 is 0 Å². The second-order valence-corrected chi connectivity index (χ2v) is 6.40. The summed E-state index contributed by atoms with van der Waals surface area (Å²) in [6, 6.07) is 5.20. The van der Waals surface area contributed by atoms with Crippen molar-refractivity contribution in [3.8, 4) is 0 Å². The number of hydrogen-bond acceptors (Lipinski definition) is 2. The summed E-state index contributed by atoms with van der Waals surface area (Å²) in [5.74, 6) is -0.00483. The number of ether oxygens (including phenoxy) is 1. The van der Waals surface area contributed by atoms with Crippen molar-refractivity contribution in [2.75, 3.05) is 13.2 Å². The Hall–Kier alpha value is -1.56. The topological polar surface area (TPSA) is 29.5 Å². The first-order chi connectivity index (χ1) is 10.9. The Morgan fingerprint density at radius 2 is 2.04 bits per heavy atom. The highest BCUT2D eigenvalue weighted by Crippen LogP contribution is 2.36. The maximum absolute atomic E-state index is 12.8. The lowest BCUT2D eigenvalue weighted by molar-refractivity contribution is -0.137. The molecule has 0 aliphatic carbocycles. The van der Waals surface area contributed by atoms with Crippen LogP contribution in [0.3, 0.4) is 0 Å². The average Bonchev–Trinajstić information content (AvgIpc) is 2.92. The van der Waals surface area contributed by atoms with Crippen LogP contribution in [0.15, 0.2) is 24.3 Å². The van der Waals surface area contributed by atoms with E-state index in [2.05, 4.69) is 0 Å². The number of alkyl halides is 3. The highest BCUT2D eigenvalue weighted by molar-refractivity contribution is 5.76. The summed E-state index contributed by atoms with van der Waals surface area (Å²) in [5, 5.41) is 0.